The normalized spacial score (nSPS) is 22.6. The van der Waals surface area contributed by atoms with Gasteiger partial charge in [-0.25, -0.2) is 4.79 Å². The molecule has 8 heteroatoms. The number of ether oxygens (including phenoxy) is 2. The van der Waals surface area contributed by atoms with Gasteiger partial charge in [0.25, 0.3) is 0 Å². The molecule has 1 amide bonds. The smallest absolute Gasteiger partial charge is 0.486 e. The molecule has 0 aliphatic carbocycles. The predicted molar refractivity (Wildman–Crippen MR) is 110 cm³/mol. The average molecular weight is 410 g/mol. The van der Waals surface area contributed by atoms with E-state index in [2.05, 4.69) is 5.32 Å². The van der Waals surface area contributed by atoms with E-state index in [0.29, 0.717) is 23.7 Å². The second-order valence-corrected chi connectivity index (χ2v) is 9.81. The van der Waals surface area contributed by atoms with E-state index >= 15 is 0 Å². The summed E-state index contributed by atoms with van der Waals surface area (Å²) in [6, 6.07) is 3.84. The fourth-order valence-electron chi connectivity index (χ4n) is 3.15. The summed E-state index contributed by atoms with van der Waals surface area (Å²) < 4.78 is 23.4. The van der Waals surface area contributed by atoms with Crippen LogP contribution in [0.3, 0.4) is 0 Å². The summed E-state index contributed by atoms with van der Waals surface area (Å²) in [7, 11) is -0.480. The van der Waals surface area contributed by atoms with Gasteiger partial charge in [0.15, 0.2) is 0 Å². The lowest BCUT2D eigenvalue weighted by Crippen LogP contribution is -2.41. The van der Waals surface area contributed by atoms with Crippen molar-refractivity contribution in [3.63, 3.8) is 0 Å². The highest BCUT2D eigenvalue weighted by Crippen LogP contribution is 2.39. The monoisotopic (exact) mass is 409 g/mol. The van der Waals surface area contributed by atoms with Crippen molar-refractivity contribution < 1.29 is 23.6 Å². The lowest BCUT2D eigenvalue weighted by molar-refractivity contribution is 0.00578. The van der Waals surface area contributed by atoms with Gasteiger partial charge in [0.1, 0.15) is 17.5 Å². The maximum atomic E-state index is 11.9. The van der Waals surface area contributed by atoms with Gasteiger partial charge in [-0.1, -0.05) is 17.7 Å². The van der Waals surface area contributed by atoms with Crippen LogP contribution >= 0.6 is 11.6 Å². The Bertz CT molecular complexity index is 759. The molecule has 1 aromatic carbocycles. The Kier molecular flexibility index (Phi) is 5.41. The minimum Gasteiger partial charge on any atom is -0.486 e. The van der Waals surface area contributed by atoms with Gasteiger partial charge >= 0.3 is 13.2 Å². The van der Waals surface area contributed by atoms with E-state index in [1.54, 1.807) is 0 Å². The quantitative estimate of drug-likeness (QED) is 0.774. The van der Waals surface area contributed by atoms with E-state index < -0.39 is 30.0 Å². The van der Waals surface area contributed by atoms with Crippen molar-refractivity contribution in [2.45, 2.75) is 77.8 Å². The Hall–Kier alpha value is -1.44. The Morgan fingerprint density at radius 1 is 1.25 bits per heavy atom. The highest BCUT2D eigenvalue weighted by Gasteiger charge is 2.52. The van der Waals surface area contributed by atoms with Gasteiger partial charge in [-0.3, -0.25) is 0 Å². The van der Waals surface area contributed by atoms with Crippen LogP contribution in [0, 0.1) is 0 Å². The van der Waals surface area contributed by atoms with Crippen LogP contribution in [-0.2, 0) is 20.5 Å². The molecule has 1 unspecified atom stereocenters. The van der Waals surface area contributed by atoms with Gasteiger partial charge in [0, 0.05) is 6.42 Å². The average Bonchev–Trinajstić information content (AvgIpc) is 3.02. The molecule has 0 spiro atoms. The number of rotatable bonds is 3. The summed E-state index contributed by atoms with van der Waals surface area (Å²) in [6.45, 7) is 13.9. The number of amides is 1. The lowest BCUT2D eigenvalue weighted by Gasteiger charge is -2.32. The molecule has 154 valence electrons. The molecule has 1 atom stereocenters. The first-order valence-corrected chi connectivity index (χ1v) is 9.97. The van der Waals surface area contributed by atoms with Crippen molar-refractivity contribution in [3.8, 4) is 5.75 Å². The Labute approximate surface area is 172 Å². The van der Waals surface area contributed by atoms with Crippen LogP contribution in [0.4, 0.5) is 4.79 Å². The van der Waals surface area contributed by atoms with Crippen LogP contribution in [0.25, 0.3) is 0 Å². The maximum absolute atomic E-state index is 11.9. The topological polar surface area (TPSA) is 66.0 Å². The van der Waals surface area contributed by atoms with Crippen LogP contribution in [0.2, 0.25) is 5.02 Å². The fourth-order valence-corrected chi connectivity index (χ4v) is 3.44. The molecule has 3 rings (SSSR count). The summed E-state index contributed by atoms with van der Waals surface area (Å²) >= 11 is 6.46. The second kappa shape index (κ2) is 7.11. The molecular formula is C20H29BClNO5. The number of hydrogen-bond acceptors (Lipinski definition) is 5. The standard InChI is InChI=1S/C20H29BClNO5/c1-18(2,3)26-17(24)23-11-14-9-12-8-13(10-15(22)16(12)25-14)21-27-19(4,5)20(6,7)28-21/h8,10,14H,9,11H2,1-7H3,(H,23,24). The number of alkyl carbamates (subject to hydrolysis) is 1. The second-order valence-electron chi connectivity index (χ2n) is 9.41. The molecule has 1 saturated heterocycles. The summed E-state index contributed by atoms with van der Waals surface area (Å²) in [5.41, 5.74) is 0.476. The fraction of sp³-hybridized carbons (Fsp3) is 0.650. The van der Waals surface area contributed by atoms with Gasteiger partial charge in [0.2, 0.25) is 0 Å². The zero-order chi connectivity index (χ0) is 20.9. The molecule has 6 nitrogen and oxygen atoms in total. The third kappa shape index (κ3) is 4.42. The lowest BCUT2D eigenvalue weighted by atomic mass is 9.78. The van der Waals surface area contributed by atoms with Crippen LogP contribution in [0.15, 0.2) is 12.1 Å². The van der Waals surface area contributed by atoms with Gasteiger partial charge < -0.3 is 24.1 Å². The Morgan fingerprint density at radius 2 is 1.86 bits per heavy atom. The first kappa shape index (κ1) is 21.3. The van der Waals surface area contributed by atoms with Crippen molar-refractivity contribution in [2.24, 2.45) is 0 Å². The first-order chi connectivity index (χ1) is 12.8. The SMILES string of the molecule is CC(C)(C)OC(=O)NCC1Cc2cc(B3OC(C)(C)C(C)(C)O3)cc(Cl)c2O1. The van der Waals surface area contributed by atoms with Crippen LogP contribution in [0.1, 0.15) is 54.0 Å². The van der Waals surface area contributed by atoms with E-state index in [1.165, 1.54) is 0 Å². The van der Waals surface area contributed by atoms with Crippen LogP contribution < -0.4 is 15.5 Å². The zero-order valence-electron chi connectivity index (χ0n) is 17.6. The van der Waals surface area contributed by atoms with Gasteiger partial charge in [0.05, 0.1) is 22.8 Å². The predicted octanol–water partition coefficient (Wildman–Crippen LogP) is 3.47. The van der Waals surface area contributed by atoms with E-state index in [0.717, 1.165) is 11.0 Å². The number of carbonyl (C=O) groups excluding carboxylic acids is 1. The van der Waals surface area contributed by atoms with Crippen molar-refractivity contribution >= 4 is 30.3 Å². The summed E-state index contributed by atoms with van der Waals surface area (Å²) in [4.78, 5) is 11.9. The number of fused-ring (bicyclic) bond motifs is 1. The largest absolute Gasteiger partial charge is 0.494 e. The molecule has 1 aromatic rings. The molecule has 1 fully saturated rings. The van der Waals surface area contributed by atoms with E-state index in [4.69, 9.17) is 30.4 Å². The number of carbonyl (C=O) groups is 1. The summed E-state index contributed by atoms with van der Waals surface area (Å²) in [6.07, 6.45) is -0.0253. The van der Waals surface area contributed by atoms with Crippen LogP contribution in [0.5, 0.6) is 5.75 Å². The van der Waals surface area contributed by atoms with Crippen molar-refractivity contribution in [1.29, 1.82) is 0 Å². The third-order valence-electron chi connectivity index (χ3n) is 5.27. The number of benzene rings is 1. The van der Waals surface area contributed by atoms with Crippen LogP contribution in [-0.4, -0.2) is 42.7 Å². The number of halogens is 1. The van der Waals surface area contributed by atoms with E-state index in [9.17, 15) is 4.79 Å². The molecule has 0 radical (unpaired) electrons. The molecule has 1 N–H and O–H groups in total. The minimum atomic E-state index is -0.537. The highest BCUT2D eigenvalue weighted by atomic mass is 35.5. The number of hydrogen-bond donors (Lipinski definition) is 1. The van der Waals surface area contributed by atoms with E-state index in [-0.39, 0.29) is 6.10 Å². The Balaban J connectivity index is 1.67. The van der Waals surface area contributed by atoms with Gasteiger partial charge in [-0.05, 0) is 65.6 Å². The molecule has 28 heavy (non-hydrogen) atoms. The summed E-state index contributed by atoms with van der Waals surface area (Å²) in [5, 5.41) is 3.26. The summed E-state index contributed by atoms with van der Waals surface area (Å²) in [5.74, 6) is 0.651. The first-order valence-electron chi connectivity index (χ1n) is 9.59. The van der Waals surface area contributed by atoms with Crippen molar-refractivity contribution in [1.82, 2.24) is 5.32 Å². The van der Waals surface area contributed by atoms with Gasteiger partial charge in [-0.2, -0.15) is 0 Å². The molecule has 2 aliphatic rings. The molecule has 0 aromatic heterocycles. The van der Waals surface area contributed by atoms with Crippen molar-refractivity contribution in [3.05, 3.63) is 22.7 Å². The molecule has 2 heterocycles. The highest BCUT2D eigenvalue weighted by molar-refractivity contribution is 6.62. The molecule has 0 bridgehead atoms. The zero-order valence-corrected chi connectivity index (χ0v) is 18.4. The molecule has 0 saturated carbocycles. The van der Waals surface area contributed by atoms with E-state index in [1.807, 2.05) is 60.6 Å². The Morgan fingerprint density at radius 3 is 2.43 bits per heavy atom. The van der Waals surface area contributed by atoms with Crippen molar-refractivity contribution in [2.75, 3.05) is 6.54 Å². The molecular weight excluding hydrogens is 380 g/mol. The van der Waals surface area contributed by atoms with Gasteiger partial charge in [-0.15, -0.1) is 0 Å². The number of nitrogens with one attached hydrogen (secondary N) is 1. The minimum absolute atomic E-state index is 0.200. The molecule has 2 aliphatic heterocycles. The maximum Gasteiger partial charge on any atom is 0.494 e. The third-order valence-corrected chi connectivity index (χ3v) is 5.55.